The van der Waals surface area contributed by atoms with Crippen LogP contribution in [0, 0.1) is 11.8 Å². The number of benzene rings is 1. The summed E-state index contributed by atoms with van der Waals surface area (Å²) in [4.78, 5) is 12.9. The van der Waals surface area contributed by atoms with Gasteiger partial charge in [-0.2, -0.15) is 0 Å². The monoisotopic (exact) mass is 276 g/mol. The third-order valence-electron chi connectivity index (χ3n) is 3.53. The standard InChI is InChI=1S/C18H16N2O/c1-3-8-15-11-12-17-13-14(4-2)19(18(21)20(15)17)16-9-6-5-7-10-16/h5-7,9-13H,4H2,1-2H3. The Labute approximate surface area is 123 Å². The van der Waals surface area contributed by atoms with Crippen LogP contribution in [0.25, 0.3) is 11.2 Å². The molecular formula is C18H16N2O. The van der Waals surface area contributed by atoms with Crippen LogP contribution in [0.3, 0.4) is 0 Å². The first kappa shape index (κ1) is 13.3. The normalized spacial score (nSPS) is 10.4. The van der Waals surface area contributed by atoms with Crippen LogP contribution in [0.1, 0.15) is 25.2 Å². The van der Waals surface area contributed by atoms with Crippen molar-refractivity contribution in [1.82, 2.24) is 8.97 Å². The van der Waals surface area contributed by atoms with E-state index in [0.717, 1.165) is 29.0 Å². The maximum Gasteiger partial charge on any atom is 0.338 e. The molecule has 0 aliphatic heterocycles. The molecule has 2 heterocycles. The number of aromatic nitrogens is 2. The third kappa shape index (κ3) is 2.15. The highest BCUT2D eigenvalue weighted by atomic mass is 16.1. The molecule has 3 nitrogen and oxygen atoms in total. The van der Waals surface area contributed by atoms with Gasteiger partial charge in [0.1, 0.15) is 5.69 Å². The molecule has 0 saturated heterocycles. The molecule has 0 radical (unpaired) electrons. The molecular weight excluding hydrogens is 260 g/mol. The zero-order valence-electron chi connectivity index (χ0n) is 12.1. The first-order valence-electron chi connectivity index (χ1n) is 7.01. The van der Waals surface area contributed by atoms with Crippen molar-refractivity contribution in [2.24, 2.45) is 0 Å². The smallest absolute Gasteiger partial charge is 0.266 e. The van der Waals surface area contributed by atoms with Gasteiger partial charge in [0.25, 0.3) is 0 Å². The van der Waals surface area contributed by atoms with Gasteiger partial charge in [-0.1, -0.05) is 31.0 Å². The number of nitrogens with zero attached hydrogens (tertiary/aromatic N) is 2. The van der Waals surface area contributed by atoms with E-state index < -0.39 is 0 Å². The summed E-state index contributed by atoms with van der Waals surface area (Å²) < 4.78 is 3.43. The van der Waals surface area contributed by atoms with Crippen molar-refractivity contribution < 1.29 is 0 Å². The Morgan fingerprint density at radius 2 is 1.86 bits per heavy atom. The molecule has 0 amide bonds. The largest absolute Gasteiger partial charge is 0.338 e. The Bertz CT molecular complexity index is 905. The lowest BCUT2D eigenvalue weighted by molar-refractivity contribution is 0.811. The summed E-state index contributed by atoms with van der Waals surface area (Å²) in [5.74, 6) is 5.85. The molecule has 0 saturated carbocycles. The average Bonchev–Trinajstić information content (AvgIpc) is 2.91. The van der Waals surface area contributed by atoms with Crippen molar-refractivity contribution in [2.45, 2.75) is 20.3 Å². The first-order chi connectivity index (χ1) is 10.3. The number of aryl methyl sites for hydroxylation is 1. The van der Waals surface area contributed by atoms with E-state index in [1.54, 1.807) is 15.9 Å². The molecule has 0 spiro atoms. The molecule has 104 valence electrons. The fourth-order valence-electron chi connectivity index (χ4n) is 2.58. The second-order valence-electron chi connectivity index (χ2n) is 4.80. The van der Waals surface area contributed by atoms with E-state index in [-0.39, 0.29) is 5.69 Å². The van der Waals surface area contributed by atoms with Crippen LogP contribution in [-0.2, 0) is 6.42 Å². The molecule has 0 unspecified atom stereocenters. The van der Waals surface area contributed by atoms with Crippen LogP contribution < -0.4 is 5.69 Å². The fourth-order valence-corrected chi connectivity index (χ4v) is 2.58. The maximum atomic E-state index is 12.9. The zero-order chi connectivity index (χ0) is 14.8. The Morgan fingerprint density at radius 3 is 2.52 bits per heavy atom. The lowest BCUT2D eigenvalue weighted by Crippen LogP contribution is -2.28. The van der Waals surface area contributed by atoms with E-state index in [1.165, 1.54) is 0 Å². The van der Waals surface area contributed by atoms with E-state index in [9.17, 15) is 4.79 Å². The summed E-state index contributed by atoms with van der Waals surface area (Å²) in [5.41, 5.74) is 3.42. The van der Waals surface area contributed by atoms with Crippen LogP contribution in [0.15, 0.2) is 53.3 Å². The molecule has 0 fully saturated rings. The van der Waals surface area contributed by atoms with E-state index >= 15 is 0 Å². The molecule has 21 heavy (non-hydrogen) atoms. The second kappa shape index (κ2) is 5.34. The summed E-state index contributed by atoms with van der Waals surface area (Å²) in [6, 6.07) is 15.6. The summed E-state index contributed by atoms with van der Waals surface area (Å²) in [6.45, 7) is 3.83. The van der Waals surface area contributed by atoms with Crippen LogP contribution in [0.4, 0.5) is 0 Å². The van der Waals surface area contributed by atoms with Crippen molar-refractivity contribution in [3.05, 3.63) is 70.4 Å². The first-order valence-corrected chi connectivity index (χ1v) is 7.01. The minimum atomic E-state index is -0.0710. The predicted octanol–water partition coefficient (Wildman–Crippen LogP) is 3.02. The zero-order valence-corrected chi connectivity index (χ0v) is 12.1. The van der Waals surface area contributed by atoms with Gasteiger partial charge in [0.2, 0.25) is 0 Å². The van der Waals surface area contributed by atoms with Gasteiger partial charge in [0.15, 0.2) is 0 Å². The third-order valence-corrected chi connectivity index (χ3v) is 3.53. The van der Waals surface area contributed by atoms with Gasteiger partial charge < -0.3 is 0 Å². The van der Waals surface area contributed by atoms with Crippen molar-refractivity contribution >= 4 is 5.52 Å². The minimum absolute atomic E-state index is 0.0710. The summed E-state index contributed by atoms with van der Waals surface area (Å²) in [7, 11) is 0. The van der Waals surface area contributed by atoms with Crippen LogP contribution >= 0.6 is 0 Å². The lowest BCUT2D eigenvalue weighted by atomic mass is 10.2. The van der Waals surface area contributed by atoms with Crippen molar-refractivity contribution in [1.29, 1.82) is 0 Å². The molecule has 0 aliphatic carbocycles. The molecule has 0 bridgehead atoms. The average molecular weight is 276 g/mol. The number of hydrogen-bond acceptors (Lipinski definition) is 1. The highest BCUT2D eigenvalue weighted by Gasteiger charge is 2.11. The van der Waals surface area contributed by atoms with E-state index in [4.69, 9.17) is 0 Å². The van der Waals surface area contributed by atoms with Gasteiger partial charge in [0.05, 0.1) is 11.2 Å². The summed E-state index contributed by atoms with van der Waals surface area (Å²) in [5, 5.41) is 0. The molecule has 0 aliphatic rings. The highest BCUT2D eigenvalue weighted by Crippen LogP contribution is 2.14. The number of fused-ring (bicyclic) bond motifs is 1. The summed E-state index contributed by atoms with van der Waals surface area (Å²) in [6.07, 6.45) is 0.792. The van der Waals surface area contributed by atoms with Crippen LogP contribution in [0.5, 0.6) is 0 Å². The second-order valence-corrected chi connectivity index (χ2v) is 4.80. The van der Waals surface area contributed by atoms with Gasteiger partial charge in [-0.05, 0) is 49.6 Å². The maximum absolute atomic E-state index is 12.9. The Kier molecular flexibility index (Phi) is 3.37. The molecule has 0 atom stereocenters. The highest BCUT2D eigenvalue weighted by molar-refractivity contribution is 5.54. The Balaban J connectivity index is 2.42. The molecule has 1 aromatic carbocycles. The topological polar surface area (TPSA) is 26.4 Å². The lowest BCUT2D eigenvalue weighted by Gasteiger charge is -2.13. The molecule has 0 N–H and O–H groups in total. The van der Waals surface area contributed by atoms with Crippen LogP contribution in [0.2, 0.25) is 0 Å². The number of hydrogen-bond donors (Lipinski definition) is 0. The number of rotatable bonds is 2. The van der Waals surface area contributed by atoms with Gasteiger partial charge in [-0.3, -0.25) is 8.97 Å². The SMILES string of the molecule is CC#Cc1ccc2cc(CC)n(-c3ccccc3)c(=O)n12. The van der Waals surface area contributed by atoms with E-state index in [2.05, 4.69) is 24.8 Å². The molecule has 2 aromatic heterocycles. The van der Waals surface area contributed by atoms with Gasteiger partial charge in [-0.25, -0.2) is 4.79 Å². The summed E-state index contributed by atoms with van der Waals surface area (Å²) >= 11 is 0. The quantitative estimate of drug-likeness (QED) is 0.661. The van der Waals surface area contributed by atoms with E-state index in [1.807, 2.05) is 42.5 Å². The molecule has 3 rings (SSSR count). The van der Waals surface area contributed by atoms with Gasteiger partial charge in [-0.15, -0.1) is 0 Å². The predicted molar refractivity (Wildman–Crippen MR) is 84.9 cm³/mol. The van der Waals surface area contributed by atoms with Crippen molar-refractivity contribution in [3.63, 3.8) is 0 Å². The van der Waals surface area contributed by atoms with Gasteiger partial charge >= 0.3 is 5.69 Å². The van der Waals surface area contributed by atoms with Crippen molar-refractivity contribution in [2.75, 3.05) is 0 Å². The molecule has 3 aromatic rings. The van der Waals surface area contributed by atoms with Crippen LogP contribution in [-0.4, -0.2) is 8.97 Å². The fraction of sp³-hybridized carbons (Fsp3) is 0.167. The van der Waals surface area contributed by atoms with Crippen molar-refractivity contribution in [3.8, 4) is 17.5 Å². The van der Waals surface area contributed by atoms with Gasteiger partial charge in [0, 0.05) is 5.69 Å². The minimum Gasteiger partial charge on any atom is -0.266 e. The Hall–Kier alpha value is -2.73. The Morgan fingerprint density at radius 1 is 1.10 bits per heavy atom. The molecule has 3 heteroatoms. The van der Waals surface area contributed by atoms with E-state index in [0.29, 0.717) is 0 Å². The number of para-hydroxylation sites is 1.